The molecule has 0 saturated carbocycles. The number of fused-ring (bicyclic) bond motifs is 1. The van der Waals surface area contributed by atoms with Crippen LogP contribution in [0.25, 0.3) is 21.3 Å². The normalized spacial score (nSPS) is 10.2. The van der Waals surface area contributed by atoms with Crippen molar-refractivity contribution < 1.29 is 4.79 Å². The lowest BCUT2D eigenvalue weighted by atomic mass is 10.2. The molecule has 7 nitrogen and oxygen atoms in total. The van der Waals surface area contributed by atoms with Crippen LogP contribution in [0.15, 0.2) is 35.6 Å². The number of aromatic nitrogens is 1. The second kappa shape index (κ2) is 5.90. The highest BCUT2D eigenvalue weighted by molar-refractivity contribution is 6.06. The highest BCUT2D eigenvalue weighted by atomic mass is 16.2. The van der Waals surface area contributed by atoms with Crippen LogP contribution in [-0.4, -0.2) is 17.0 Å². The number of nitrogens with two attached hydrogens (primary N) is 1. The number of carbonyl (C=O) groups is 1. The molecule has 2 rings (SSSR count). The van der Waals surface area contributed by atoms with Crippen molar-refractivity contribution in [2.75, 3.05) is 6.54 Å². The van der Waals surface area contributed by atoms with Crippen LogP contribution in [0, 0.1) is 0 Å². The molecule has 0 aliphatic carbocycles. The number of hydrogen-bond acceptors (Lipinski definition) is 3. The van der Waals surface area contributed by atoms with E-state index in [1.807, 2.05) is 28.8 Å². The van der Waals surface area contributed by atoms with E-state index >= 15 is 0 Å². The zero-order chi connectivity index (χ0) is 13.7. The molecule has 3 N–H and O–H groups in total. The van der Waals surface area contributed by atoms with E-state index in [0.29, 0.717) is 25.1 Å². The lowest BCUT2D eigenvalue weighted by Crippen LogP contribution is -2.29. The van der Waals surface area contributed by atoms with Gasteiger partial charge in [-0.15, -0.1) is 0 Å². The molecule has 1 aromatic heterocycles. The van der Waals surface area contributed by atoms with Crippen LogP contribution < -0.4 is 11.3 Å². The van der Waals surface area contributed by atoms with Crippen molar-refractivity contribution in [3.05, 3.63) is 46.5 Å². The topological polar surface area (TPSA) is 109 Å². The van der Waals surface area contributed by atoms with Crippen LogP contribution >= 0.6 is 0 Å². The van der Waals surface area contributed by atoms with Crippen molar-refractivity contribution in [1.82, 2.24) is 9.99 Å². The van der Waals surface area contributed by atoms with Crippen molar-refractivity contribution in [2.45, 2.75) is 13.0 Å². The highest BCUT2D eigenvalue weighted by Gasteiger charge is 2.13. The Bertz CT molecular complexity index is 641. The third-order valence-electron chi connectivity index (χ3n) is 2.88. The standard InChI is InChI=1S/C12H14N6O/c13-16-12(19)10-8-18(7-3-6-15-17-14)11-5-2-1-4-9(10)11/h1-2,4-5,8H,3,6-7,13H2,(H,16,19). The van der Waals surface area contributed by atoms with Crippen molar-refractivity contribution in [3.8, 4) is 0 Å². The fourth-order valence-electron chi connectivity index (χ4n) is 2.05. The molecule has 1 heterocycles. The number of aryl methyl sites for hydroxylation is 1. The Morgan fingerprint density at radius 2 is 2.26 bits per heavy atom. The molecule has 7 heteroatoms. The van der Waals surface area contributed by atoms with E-state index < -0.39 is 0 Å². The predicted molar refractivity (Wildman–Crippen MR) is 72.2 cm³/mol. The SMILES string of the molecule is [N-]=[N+]=NCCCn1cc(C(=O)NN)c2ccccc21. The van der Waals surface area contributed by atoms with Gasteiger partial charge in [-0.25, -0.2) is 5.84 Å². The van der Waals surface area contributed by atoms with Crippen molar-refractivity contribution in [2.24, 2.45) is 11.0 Å². The van der Waals surface area contributed by atoms with Gasteiger partial charge in [-0.1, -0.05) is 23.3 Å². The van der Waals surface area contributed by atoms with E-state index in [9.17, 15) is 4.79 Å². The molecule has 98 valence electrons. The summed E-state index contributed by atoms with van der Waals surface area (Å²) in [6, 6.07) is 7.61. The van der Waals surface area contributed by atoms with Gasteiger partial charge >= 0.3 is 0 Å². The van der Waals surface area contributed by atoms with E-state index in [0.717, 1.165) is 10.9 Å². The zero-order valence-electron chi connectivity index (χ0n) is 10.3. The Morgan fingerprint density at radius 3 is 3.00 bits per heavy atom. The number of nitrogens with zero attached hydrogens (tertiary/aromatic N) is 4. The molecule has 2 aromatic rings. The van der Waals surface area contributed by atoms with E-state index in [1.54, 1.807) is 6.20 Å². The summed E-state index contributed by atoms with van der Waals surface area (Å²) in [4.78, 5) is 14.4. The first kappa shape index (κ1) is 12.9. The molecule has 0 aliphatic rings. The molecule has 0 unspecified atom stereocenters. The van der Waals surface area contributed by atoms with E-state index in [4.69, 9.17) is 11.4 Å². The minimum Gasteiger partial charge on any atom is -0.347 e. The smallest absolute Gasteiger partial charge is 0.267 e. The first-order valence-corrected chi connectivity index (χ1v) is 5.87. The summed E-state index contributed by atoms with van der Waals surface area (Å²) in [5, 5.41) is 4.35. The molecule has 0 radical (unpaired) electrons. The van der Waals surface area contributed by atoms with Gasteiger partial charge in [0.1, 0.15) is 0 Å². The molecule has 0 aliphatic heterocycles. The molecule has 1 amide bonds. The minimum atomic E-state index is -0.315. The van der Waals surface area contributed by atoms with Crippen LogP contribution in [0.4, 0.5) is 0 Å². The molecular weight excluding hydrogens is 244 g/mol. The molecule has 1 aromatic carbocycles. The number of para-hydroxylation sites is 1. The minimum absolute atomic E-state index is 0.315. The summed E-state index contributed by atoms with van der Waals surface area (Å²) in [6.45, 7) is 1.11. The van der Waals surface area contributed by atoms with Crippen molar-refractivity contribution in [3.63, 3.8) is 0 Å². The number of nitrogens with one attached hydrogen (secondary N) is 1. The van der Waals surface area contributed by atoms with E-state index in [2.05, 4.69) is 15.5 Å². The average molecular weight is 258 g/mol. The van der Waals surface area contributed by atoms with Gasteiger partial charge in [-0.05, 0) is 18.0 Å². The van der Waals surface area contributed by atoms with Gasteiger partial charge in [0.15, 0.2) is 0 Å². The molecular formula is C12H14N6O. The number of rotatable bonds is 5. The molecule has 0 saturated heterocycles. The number of hydrazine groups is 1. The van der Waals surface area contributed by atoms with Crippen molar-refractivity contribution in [1.29, 1.82) is 0 Å². The van der Waals surface area contributed by atoms with E-state index in [1.165, 1.54) is 0 Å². The monoisotopic (exact) mass is 258 g/mol. The second-order valence-corrected chi connectivity index (χ2v) is 4.03. The number of benzene rings is 1. The van der Waals surface area contributed by atoms with Gasteiger partial charge in [0.05, 0.1) is 5.56 Å². The summed E-state index contributed by atoms with van der Waals surface area (Å²) in [7, 11) is 0. The van der Waals surface area contributed by atoms with Crippen LogP contribution in [-0.2, 0) is 6.54 Å². The Kier molecular flexibility index (Phi) is 4.02. The Balaban J connectivity index is 2.33. The number of carbonyl (C=O) groups excluding carboxylic acids is 1. The second-order valence-electron chi connectivity index (χ2n) is 4.03. The van der Waals surface area contributed by atoms with Crippen LogP contribution in [0.5, 0.6) is 0 Å². The quantitative estimate of drug-likeness (QED) is 0.162. The first-order chi connectivity index (χ1) is 9.27. The zero-order valence-corrected chi connectivity index (χ0v) is 10.3. The van der Waals surface area contributed by atoms with Crippen molar-refractivity contribution >= 4 is 16.8 Å². The third-order valence-corrected chi connectivity index (χ3v) is 2.88. The lowest BCUT2D eigenvalue weighted by molar-refractivity contribution is 0.0955. The fraction of sp³-hybridized carbons (Fsp3) is 0.250. The lowest BCUT2D eigenvalue weighted by Gasteiger charge is -2.02. The van der Waals surface area contributed by atoms with E-state index in [-0.39, 0.29) is 5.91 Å². The molecule has 19 heavy (non-hydrogen) atoms. The molecule has 0 atom stereocenters. The van der Waals surface area contributed by atoms with Gasteiger partial charge in [0, 0.05) is 35.1 Å². The maximum atomic E-state index is 11.7. The summed E-state index contributed by atoms with van der Waals surface area (Å²) in [5.41, 5.74) is 11.9. The predicted octanol–water partition coefficient (Wildman–Crippen LogP) is 1.95. The maximum absolute atomic E-state index is 11.7. The summed E-state index contributed by atoms with van der Waals surface area (Å²) in [6.07, 6.45) is 2.48. The van der Waals surface area contributed by atoms with Crippen LogP contribution in [0.3, 0.4) is 0 Å². The molecule has 0 bridgehead atoms. The van der Waals surface area contributed by atoms with Gasteiger partial charge in [-0.2, -0.15) is 0 Å². The van der Waals surface area contributed by atoms with Crippen LogP contribution in [0.2, 0.25) is 0 Å². The highest BCUT2D eigenvalue weighted by Crippen LogP contribution is 2.21. The molecule has 0 spiro atoms. The number of amides is 1. The van der Waals surface area contributed by atoms with Gasteiger partial charge < -0.3 is 4.57 Å². The van der Waals surface area contributed by atoms with Gasteiger partial charge in [0.2, 0.25) is 0 Å². The first-order valence-electron chi connectivity index (χ1n) is 5.87. The third kappa shape index (κ3) is 2.67. The summed E-state index contributed by atoms with van der Waals surface area (Å²) >= 11 is 0. The number of nitrogen functional groups attached to an aromatic ring is 1. The van der Waals surface area contributed by atoms with Crippen LogP contribution in [0.1, 0.15) is 16.8 Å². The molecule has 0 fully saturated rings. The Labute approximate surface area is 109 Å². The number of hydrogen-bond donors (Lipinski definition) is 2. The number of azide groups is 1. The summed E-state index contributed by atoms with van der Waals surface area (Å²) < 4.78 is 1.97. The fourth-order valence-corrected chi connectivity index (χ4v) is 2.05. The Hall–Kier alpha value is -2.50. The summed E-state index contributed by atoms with van der Waals surface area (Å²) in [5.74, 6) is 4.87. The van der Waals surface area contributed by atoms with Gasteiger partial charge in [0.25, 0.3) is 5.91 Å². The Morgan fingerprint density at radius 1 is 1.47 bits per heavy atom. The maximum Gasteiger partial charge on any atom is 0.267 e. The average Bonchev–Trinajstić information content (AvgIpc) is 2.82. The largest absolute Gasteiger partial charge is 0.347 e. The van der Waals surface area contributed by atoms with Gasteiger partial charge in [-0.3, -0.25) is 10.2 Å².